The second-order valence-electron chi connectivity index (χ2n) is 14.2. The van der Waals surface area contributed by atoms with Crippen molar-refractivity contribution in [1.82, 2.24) is 15.0 Å². The topological polar surface area (TPSA) is 65.0 Å². The van der Waals surface area contributed by atoms with Crippen LogP contribution in [0.25, 0.3) is 106 Å². The lowest BCUT2D eigenvalue weighted by atomic mass is 9.96. The van der Waals surface area contributed by atoms with Crippen molar-refractivity contribution in [1.29, 1.82) is 0 Å². The standard InChI is InChI=1S/C51H33N3O2/c1-3-11-32(12-4-1)33-21-23-34(24-22-33)38-29-30-45-43(31-38)47-39(16-10-20-46(47)55-45)35-25-27-37(28-26-35)50-52-49(36-13-5-2-6-14-36)53-51(54-50)42-18-9-17-41-40-15-7-8-19-44(40)56-48(41)42/h1,3-5,7-31H,2,6H2. The van der Waals surface area contributed by atoms with Gasteiger partial charge in [0.15, 0.2) is 17.5 Å². The van der Waals surface area contributed by atoms with Gasteiger partial charge in [-0.3, -0.25) is 0 Å². The number of fused-ring (bicyclic) bond motifs is 6. The van der Waals surface area contributed by atoms with Crippen molar-refractivity contribution in [2.75, 3.05) is 0 Å². The minimum absolute atomic E-state index is 0.582. The van der Waals surface area contributed by atoms with E-state index in [1.165, 1.54) is 11.1 Å². The molecule has 0 aliphatic heterocycles. The highest BCUT2D eigenvalue weighted by Gasteiger charge is 2.19. The normalized spacial score (nSPS) is 12.9. The molecule has 264 valence electrons. The molecule has 0 bridgehead atoms. The summed E-state index contributed by atoms with van der Waals surface area (Å²) < 4.78 is 12.8. The zero-order valence-corrected chi connectivity index (χ0v) is 30.3. The molecule has 0 fully saturated rings. The minimum Gasteiger partial charge on any atom is -0.456 e. The fraction of sp³-hybridized carbons (Fsp3) is 0.0392. The summed E-state index contributed by atoms with van der Waals surface area (Å²) in [6.07, 6.45) is 8.45. The van der Waals surface area contributed by atoms with Crippen LogP contribution in [-0.4, -0.2) is 15.0 Å². The number of para-hydroxylation sites is 2. The van der Waals surface area contributed by atoms with Crippen molar-refractivity contribution in [3.63, 3.8) is 0 Å². The number of allylic oxidation sites excluding steroid dienone is 4. The van der Waals surface area contributed by atoms with Gasteiger partial charge in [0.1, 0.15) is 22.3 Å². The zero-order chi connectivity index (χ0) is 37.0. The highest BCUT2D eigenvalue weighted by molar-refractivity contribution is 6.13. The third kappa shape index (κ3) is 5.52. The van der Waals surface area contributed by atoms with Gasteiger partial charge in [-0.25, -0.2) is 15.0 Å². The first-order valence-corrected chi connectivity index (χ1v) is 19.0. The van der Waals surface area contributed by atoms with Crippen LogP contribution in [-0.2, 0) is 0 Å². The molecule has 56 heavy (non-hydrogen) atoms. The van der Waals surface area contributed by atoms with E-state index in [0.29, 0.717) is 17.5 Å². The molecule has 5 heteroatoms. The van der Waals surface area contributed by atoms with Gasteiger partial charge in [0, 0.05) is 32.7 Å². The average Bonchev–Trinajstić information content (AvgIpc) is 3.85. The summed E-state index contributed by atoms with van der Waals surface area (Å²) in [5, 5.41) is 4.29. The van der Waals surface area contributed by atoms with Crippen molar-refractivity contribution in [2.45, 2.75) is 12.8 Å². The van der Waals surface area contributed by atoms with E-state index in [2.05, 4.69) is 133 Å². The van der Waals surface area contributed by atoms with E-state index < -0.39 is 0 Å². The van der Waals surface area contributed by atoms with Gasteiger partial charge in [0.05, 0.1) is 5.56 Å². The maximum Gasteiger partial charge on any atom is 0.167 e. The Bertz CT molecular complexity index is 3170. The summed E-state index contributed by atoms with van der Waals surface area (Å²) >= 11 is 0. The van der Waals surface area contributed by atoms with Crippen LogP contribution in [0.1, 0.15) is 18.7 Å². The molecule has 1 aliphatic rings. The van der Waals surface area contributed by atoms with Crippen molar-refractivity contribution >= 4 is 49.5 Å². The summed E-state index contributed by atoms with van der Waals surface area (Å²) in [4.78, 5) is 15.2. The Balaban J connectivity index is 0.989. The molecule has 0 unspecified atom stereocenters. The molecule has 0 saturated heterocycles. The van der Waals surface area contributed by atoms with E-state index in [9.17, 15) is 0 Å². The Kier molecular flexibility index (Phi) is 7.56. The lowest BCUT2D eigenvalue weighted by Crippen LogP contribution is -2.03. The van der Waals surface area contributed by atoms with Gasteiger partial charge < -0.3 is 8.83 Å². The molecule has 5 nitrogen and oxygen atoms in total. The van der Waals surface area contributed by atoms with Crippen LogP contribution in [0.4, 0.5) is 0 Å². The van der Waals surface area contributed by atoms with Crippen LogP contribution in [0.15, 0.2) is 185 Å². The van der Waals surface area contributed by atoms with Crippen molar-refractivity contribution in [3.8, 4) is 56.2 Å². The molecule has 0 spiro atoms. The van der Waals surface area contributed by atoms with Crippen LogP contribution in [0.5, 0.6) is 0 Å². The van der Waals surface area contributed by atoms with Gasteiger partial charge in [0.25, 0.3) is 0 Å². The summed E-state index contributed by atoms with van der Waals surface area (Å²) in [6.45, 7) is 0. The van der Waals surface area contributed by atoms with Gasteiger partial charge in [-0.1, -0.05) is 146 Å². The van der Waals surface area contributed by atoms with Crippen molar-refractivity contribution < 1.29 is 8.83 Å². The summed E-state index contributed by atoms with van der Waals surface area (Å²) in [7, 11) is 0. The van der Waals surface area contributed by atoms with E-state index in [0.717, 1.165) is 95.7 Å². The number of hydrogen-bond donors (Lipinski definition) is 0. The Morgan fingerprint density at radius 1 is 0.393 bits per heavy atom. The number of furan rings is 2. The predicted molar refractivity (Wildman–Crippen MR) is 228 cm³/mol. The molecule has 3 aromatic heterocycles. The molecular weight excluding hydrogens is 687 g/mol. The number of hydrogen-bond acceptors (Lipinski definition) is 5. The van der Waals surface area contributed by atoms with Crippen LogP contribution < -0.4 is 0 Å². The maximum atomic E-state index is 6.41. The molecule has 1 aliphatic carbocycles. The second-order valence-corrected chi connectivity index (χ2v) is 14.2. The summed E-state index contributed by atoms with van der Waals surface area (Å²) in [5.41, 5.74) is 13.0. The van der Waals surface area contributed by atoms with Crippen molar-refractivity contribution in [3.05, 3.63) is 182 Å². The van der Waals surface area contributed by atoms with Crippen LogP contribution in [0, 0.1) is 0 Å². The highest BCUT2D eigenvalue weighted by atomic mass is 16.3. The van der Waals surface area contributed by atoms with Crippen LogP contribution in [0.3, 0.4) is 0 Å². The van der Waals surface area contributed by atoms with Crippen LogP contribution in [0.2, 0.25) is 0 Å². The van der Waals surface area contributed by atoms with E-state index >= 15 is 0 Å². The highest BCUT2D eigenvalue weighted by Crippen LogP contribution is 2.40. The number of aromatic nitrogens is 3. The first-order valence-electron chi connectivity index (χ1n) is 19.0. The second kappa shape index (κ2) is 13.2. The lowest BCUT2D eigenvalue weighted by molar-refractivity contribution is 0.669. The molecule has 10 aromatic rings. The van der Waals surface area contributed by atoms with E-state index in [1.54, 1.807) is 0 Å². The monoisotopic (exact) mass is 719 g/mol. The maximum absolute atomic E-state index is 6.41. The third-order valence-electron chi connectivity index (χ3n) is 10.8. The molecule has 7 aromatic carbocycles. The average molecular weight is 720 g/mol. The number of nitrogens with zero attached hydrogens (tertiary/aromatic N) is 3. The minimum atomic E-state index is 0.582. The summed E-state index contributed by atoms with van der Waals surface area (Å²) in [6, 6.07) is 54.8. The molecular formula is C51H33N3O2. The van der Waals surface area contributed by atoms with Gasteiger partial charge in [0.2, 0.25) is 0 Å². The van der Waals surface area contributed by atoms with E-state index in [1.807, 2.05) is 42.5 Å². The fourth-order valence-corrected chi connectivity index (χ4v) is 7.99. The molecule has 0 N–H and O–H groups in total. The number of rotatable bonds is 6. The zero-order valence-electron chi connectivity index (χ0n) is 30.3. The van der Waals surface area contributed by atoms with Gasteiger partial charge >= 0.3 is 0 Å². The van der Waals surface area contributed by atoms with Crippen LogP contribution >= 0.6 is 0 Å². The van der Waals surface area contributed by atoms with E-state index in [-0.39, 0.29) is 0 Å². The predicted octanol–water partition coefficient (Wildman–Crippen LogP) is 13.7. The molecule has 0 saturated carbocycles. The van der Waals surface area contributed by atoms with Crippen molar-refractivity contribution in [2.24, 2.45) is 0 Å². The van der Waals surface area contributed by atoms with Gasteiger partial charge in [-0.05, 0) is 76.6 Å². The Morgan fingerprint density at radius 3 is 1.86 bits per heavy atom. The largest absolute Gasteiger partial charge is 0.456 e. The summed E-state index contributed by atoms with van der Waals surface area (Å²) in [5.74, 6) is 1.84. The SMILES string of the molecule is C1=CC(c2nc(-c3ccc(-c4cccc5oc6ccc(-c7ccc(-c8ccccc8)cc7)cc6c45)cc3)nc(-c3cccc4c3oc3ccccc34)n2)=CCC1. The molecule has 3 heterocycles. The first-order chi connectivity index (χ1) is 27.7. The first kappa shape index (κ1) is 32.1. The fourth-order valence-electron chi connectivity index (χ4n) is 7.99. The number of benzene rings is 7. The van der Waals surface area contributed by atoms with Gasteiger partial charge in [-0.2, -0.15) is 0 Å². The lowest BCUT2D eigenvalue weighted by Gasteiger charge is -2.11. The molecule has 11 rings (SSSR count). The smallest absolute Gasteiger partial charge is 0.167 e. The third-order valence-corrected chi connectivity index (χ3v) is 10.8. The Morgan fingerprint density at radius 2 is 1.02 bits per heavy atom. The Labute approximate surface area is 322 Å². The molecule has 0 atom stereocenters. The molecule has 0 amide bonds. The van der Waals surface area contributed by atoms with Gasteiger partial charge in [-0.15, -0.1) is 0 Å². The Hall–Kier alpha value is -7.37. The van der Waals surface area contributed by atoms with E-state index in [4.69, 9.17) is 23.8 Å². The quantitative estimate of drug-likeness (QED) is 0.171. The molecule has 0 radical (unpaired) electrons.